The summed E-state index contributed by atoms with van der Waals surface area (Å²) in [5.41, 5.74) is 0.996. The number of carbonyl (C=O) groups excluding carboxylic acids is 1. The zero-order valence-corrected chi connectivity index (χ0v) is 10.8. The second-order valence-corrected chi connectivity index (χ2v) is 4.34. The molecule has 1 rings (SSSR count). The quantitative estimate of drug-likeness (QED) is 0.832. The molecule has 1 amide bonds. The first-order chi connectivity index (χ1) is 8.47. The van der Waals surface area contributed by atoms with Crippen LogP contribution < -0.4 is 5.32 Å². The fourth-order valence-electron chi connectivity index (χ4n) is 1.62. The van der Waals surface area contributed by atoms with E-state index in [9.17, 15) is 9.59 Å². The molecule has 0 aliphatic heterocycles. The van der Waals surface area contributed by atoms with Crippen LogP contribution in [0.2, 0.25) is 0 Å². The molecule has 1 unspecified atom stereocenters. The number of aliphatic carboxylic acids is 1. The van der Waals surface area contributed by atoms with E-state index in [1.165, 1.54) is 6.20 Å². The first-order valence-corrected chi connectivity index (χ1v) is 5.92. The van der Waals surface area contributed by atoms with E-state index in [0.29, 0.717) is 6.42 Å². The molecule has 1 heterocycles. The Labute approximate surface area is 106 Å². The lowest BCUT2D eigenvalue weighted by Gasteiger charge is -2.20. The van der Waals surface area contributed by atoms with Gasteiger partial charge in [-0.15, -0.1) is 0 Å². The summed E-state index contributed by atoms with van der Waals surface area (Å²) in [5, 5.41) is 11.6. The van der Waals surface area contributed by atoms with Crippen LogP contribution in [-0.2, 0) is 4.79 Å². The maximum absolute atomic E-state index is 12.0. The van der Waals surface area contributed by atoms with Crippen molar-refractivity contribution < 1.29 is 14.7 Å². The highest BCUT2D eigenvalue weighted by molar-refractivity contribution is 5.96. The van der Waals surface area contributed by atoms with E-state index in [1.54, 1.807) is 26.0 Å². The summed E-state index contributed by atoms with van der Waals surface area (Å²) in [6.07, 6.45) is 2.19. The number of hydrogen-bond donors (Lipinski definition) is 2. The number of nitrogens with one attached hydrogen (secondary N) is 1. The second-order valence-electron chi connectivity index (χ2n) is 4.34. The standard InChI is InChI=1S/C13H18N2O3/c1-4-8(2)11(13(17)18)15-12(16)10-9(3)6-5-7-14-10/h5-8,11H,4H2,1-3H3,(H,15,16)(H,17,18)/t8?,11-/m0/s1. The Morgan fingerprint density at radius 3 is 2.67 bits per heavy atom. The summed E-state index contributed by atoms with van der Waals surface area (Å²) in [6, 6.07) is 2.61. The highest BCUT2D eigenvalue weighted by Crippen LogP contribution is 2.10. The number of aryl methyl sites for hydroxylation is 1. The zero-order valence-electron chi connectivity index (χ0n) is 10.8. The number of carboxylic acids is 1. The summed E-state index contributed by atoms with van der Waals surface area (Å²) >= 11 is 0. The fraction of sp³-hybridized carbons (Fsp3) is 0.462. The van der Waals surface area contributed by atoms with Gasteiger partial charge < -0.3 is 10.4 Å². The van der Waals surface area contributed by atoms with E-state index in [2.05, 4.69) is 10.3 Å². The summed E-state index contributed by atoms with van der Waals surface area (Å²) in [4.78, 5) is 27.1. The Hall–Kier alpha value is -1.91. The van der Waals surface area contributed by atoms with Crippen LogP contribution in [-0.4, -0.2) is 28.0 Å². The molecule has 0 spiro atoms. The molecule has 18 heavy (non-hydrogen) atoms. The highest BCUT2D eigenvalue weighted by Gasteiger charge is 2.26. The maximum Gasteiger partial charge on any atom is 0.326 e. The van der Waals surface area contributed by atoms with Gasteiger partial charge >= 0.3 is 5.97 Å². The first kappa shape index (κ1) is 14.2. The van der Waals surface area contributed by atoms with Gasteiger partial charge in [0.05, 0.1) is 0 Å². The number of rotatable bonds is 5. The van der Waals surface area contributed by atoms with E-state index in [4.69, 9.17) is 5.11 Å². The van der Waals surface area contributed by atoms with Gasteiger partial charge in [-0.25, -0.2) is 4.79 Å². The third kappa shape index (κ3) is 3.29. The Balaban J connectivity index is 2.86. The molecule has 1 aromatic rings. The summed E-state index contributed by atoms with van der Waals surface area (Å²) in [6.45, 7) is 5.45. The minimum absolute atomic E-state index is 0.129. The van der Waals surface area contributed by atoms with E-state index in [1.807, 2.05) is 6.92 Å². The molecule has 0 aliphatic carbocycles. The molecule has 1 aromatic heterocycles. The molecule has 0 aromatic carbocycles. The predicted molar refractivity (Wildman–Crippen MR) is 67.3 cm³/mol. The van der Waals surface area contributed by atoms with E-state index < -0.39 is 17.9 Å². The SMILES string of the molecule is CCC(C)[C@H](NC(=O)c1ncccc1C)C(=O)O. The maximum atomic E-state index is 12.0. The molecule has 98 valence electrons. The third-order valence-corrected chi connectivity index (χ3v) is 2.99. The zero-order chi connectivity index (χ0) is 13.7. The molecule has 0 bridgehead atoms. The van der Waals surface area contributed by atoms with E-state index in [0.717, 1.165) is 5.56 Å². The number of nitrogens with zero attached hydrogens (tertiary/aromatic N) is 1. The van der Waals surface area contributed by atoms with Gasteiger partial charge in [0.15, 0.2) is 0 Å². The number of aromatic nitrogens is 1. The summed E-state index contributed by atoms with van der Waals surface area (Å²) < 4.78 is 0. The van der Waals surface area contributed by atoms with Crippen LogP contribution in [0.5, 0.6) is 0 Å². The lowest BCUT2D eigenvalue weighted by atomic mass is 9.99. The van der Waals surface area contributed by atoms with Gasteiger partial charge in [0.1, 0.15) is 11.7 Å². The van der Waals surface area contributed by atoms with Gasteiger partial charge in [-0.3, -0.25) is 9.78 Å². The third-order valence-electron chi connectivity index (χ3n) is 2.99. The van der Waals surface area contributed by atoms with Crippen LogP contribution in [0.1, 0.15) is 36.3 Å². The lowest BCUT2D eigenvalue weighted by Crippen LogP contribution is -2.45. The predicted octanol–water partition coefficient (Wildman–Crippen LogP) is 1.62. The average molecular weight is 250 g/mol. The molecule has 2 N–H and O–H groups in total. The van der Waals surface area contributed by atoms with Gasteiger partial charge in [0.25, 0.3) is 5.91 Å². The first-order valence-electron chi connectivity index (χ1n) is 5.92. The van der Waals surface area contributed by atoms with Crippen LogP contribution in [0.25, 0.3) is 0 Å². The van der Waals surface area contributed by atoms with Crippen molar-refractivity contribution in [2.75, 3.05) is 0 Å². The normalized spacial score (nSPS) is 13.7. The van der Waals surface area contributed by atoms with Crippen molar-refractivity contribution in [1.29, 1.82) is 0 Å². The van der Waals surface area contributed by atoms with Crippen LogP contribution in [0.4, 0.5) is 0 Å². The van der Waals surface area contributed by atoms with Crippen molar-refractivity contribution in [2.45, 2.75) is 33.2 Å². The van der Waals surface area contributed by atoms with Crippen LogP contribution in [0.3, 0.4) is 0 Å². The van der Waals surface area contributed by atoms with Crippen LogP contribution in [0.15, 0.2) is 18.3 Å². The molecular weight excluding hydrogens is 232 g/mol. The highest BCUT2D eigenvalue weighted by atomic mass is 16.4. The molecular formula is C13H18N2O3. The average Bonchev–Trinajstić information content (AvgIpc) is 2.35. The number of pyridine rings is 1. The van der Waals surface area contributed by atoms with E-state index >= 15 is 0 Å². The van der Waals surface area contributed by atoms with Crippen molar-refractivity contribution >= 4 is 11.9 Å². The van der Waals surface area contributed by atoms with Crippen LogP contribution >= 0.6 is 0 Å². The summed E-state index contributed by atoms with van der Waals surface area (Å²) in [7, 11) is 0. The van der Waals surface area contributed by atoms with Gasteiger partial charge in [0.2, 0.25) is 0 Å². The number of carboxylic acid groups (broad SMARTS) is 1. The Morgan fingerprint density at radius 2 is 2.17 bits per heavy atom. The van der Waals surface area contributed by atoms with Crippen molar-refractivity contribution in [2.24, 2.45) is 5.92 Å². The van der Waals surface area contributed by atoms with Gasteiger partial charge in [0, 0.05) is 6.20 Å². The van der Waals surface area contributed by atoms with Gasteiger partial charge in [-0.1, -0.05) is 26.3 Å². The smallest absolute Gasteiger partial charge is 0.326 e. The minimum atomic E-state index is -1.02. The summed E-state index contributed by atoms with van der Waals surface area (Å²) in [5.74, 6) is -1.59. The molecule has 5 nitrogen and oxygen atoms in total. The second kappa shape index (κ2) is 6.14. The van der Waals surface area contributed by atoms with Crippen molar-refractivity contribution in [3.8, 4) is 0 Å². The van der Waals surface area contributed by atoms with E-state index in [-0.39, 0.29) is 11.6 Å². The number of carbonyl (C=O) groups is 2. The monoisotopic (exact) mass is 250 g/mol. The van der Waals surface area contributed by atoms with Crippen molar-refractivity contribution in [1.82, 2.24) is 10.3 Å². The van der Waals surface area contributed by atoms with Gasteiger partial charge in [-0.05, 0) is 24.5 Å². The number of amides is 1. The van der Waals surface area contributed by atoms with Crippen LogP contribution in [0, 0.1) is 12.8 Å². The molecule has 0 radical (unpaired) electrons. The van der Waals surface area contributed by atoms with Crippen molar-refractivity contribution in [3.63, 3.8) is 0 Å². The molecule has 0 saturated carbocycles. The molecule has 0 aliphatic rings. The van der Waals surface area contributed by atoms with Crippen molar-refractivity contribution in [3.05, 3.63) is 29.6 Å². The fourth-order valence-corrected chi connectivity index (χ4v) is 1.62. The Bertz CT molecular complexity index is 446. The molecule has 5 heteroatoms. The molecule has 2 atom stereocenters. The number of hydrogen-bond acceptors (Lipinski definition) is 3. The van der Waals surface area contributed by atoms with Gasteiger partial charge in [-0.2, -0.15) is 0 Å². The Kier molecular flexibility index (Phi) is 4.83. The minimum Gasteiger partial charge on any atom is -0.480 e. The largest absolute Gasteiger partial charge is 0.480 e. The Morgan fingerprint density at radius 1 is 1.50 bits per heavy atom. The lowest BCUT2D eigenvalue weighted by molar-refractivity contribution is -0.140. The molecule has 0 fully saturated rings. The molecule has 0 saturated heterocycles. The topological polar surface area (TPSA) is 79.3 Å².